The molecule has 1 unspecified atom stereocenters. The molecule has 0 aliphatic heterocycles. The van der Waals surface area contributed by atoms with E-state index in [0.717, 1.165) is 38.0 Å². The third kappa shape index (κ3) is 3.12. The fourth-order valence-electron chi connectivity index (χ4n) is 2.51. The second-order valence-corrected chi connectivity index (χ2v) is 5.64. The first-order valence-corrected chi connectivity index (χ1v) is 6.83. The Morgan fingerprint density at radius 2 is 2.33 bits per heavy atom. The molecular weight excluding hydrogens is 250 g/mol. The van der Waals surface area contributed by atoms with Crippen molar-refractivity contribution in [3.8, 4) is 0 Å². The lowest BCUT2D eigenvalue weighted by atomic mass is 9.86. The van der Waals surface area contributed by atoms with Crippen molar-refractivity contribution in [2.24, 2.45) is 0 Å². The quantitative estimate of drug-likeness (QED) is 0.842. The maximum absolute atomic E-state index is 11.6. The molecular formula is C13H20ClN3O. The number of hydrogen-bond acceptors (Lipinski definition) is 3. The lowest BCUT2D eigenvalue weighted by Gasteiger charge is -2.23. The number of ketones is 1. The molecule has 100 valence electrons. The van der Waals surface area contributed by atoms with Gasteiger partial charge in [0.25, 0.3) is 0 Å². The van der Waals surface area contributed by atoms with Gasteiger partial charge in [0.15, 0.2) is 0 Å². The van der Waals surface area contributed by atoms with Crippen molar-refractivity contribution in [2.75, 3.05) is 20.6 Å². The lowest BCUT2D eigenvalue weighted by molar-refractivity contribution is -0.120. The summed E-state index contributed by atoms with van der Waals surface area (Å²) in [5, 5.41) is 5.04. The normalized spacial score (nSPS) is 20.7. The summed E-state index contributed by atoms with van der Waals surface area (Å²) in [5.74, 6) is 0.603. The molecule has 1 aliphatic rings. The maximum atomic E-state index is 11.6. The van der Waals surface area contributed by atoms with Gasteiger partial charge in [-0.2, -0.15) is 5.10 Å². The number of likely N-dealkylation sites (N-methyl/N-ethyl adjacent to an activating group) is 1. The molecule has 0 amide bonds. The van der Waals surface area contributed by atoms with Gasteiger partial charge in [0.1, 0.15) is 5.78 Å². The Morgan fingerprint density at radius 3 is 3.00 bits per heavy atom. The Morgan fingerprint density at radius 1 is 1.56 bits per heavy atom. The second-order valence-electron chi connectivity index (χ2n) is 5.24. The lowest BCUT2D eigenvalue weighted by Crippen LogP contribution is -2.22. The molecule has 0 aromatic carbocycles. The number of Topliss-reactive ketones (excluding diaryl/α,β-unsaturated/α-hetero) is 1. The van der Waals surface area contributed by atoms with Crippen molar-refractivity contribution in [3.63, 3.8) is 0 Å². The Balaban J connectivity index is 2.15. The summed E-state index contributed by atoms with van der Waals surface area (Å²) in [7, 11) is 4.07. The fourth-order valence-corrected chi connectivity index (χ4v) is 2.80. The van der Waals surface area contributed by atoms with Crippen molar-refractivity contribution in [3.05, 3.63) is 16.9 Å². The maximum Gasteiger partial charge on any atom is 0.133 e. The number of hydrogen-bond donors (Lipinski definition) is 0. The zero-order valence-corrected chi connectivity index (χ0v) is 11.8. The summed E-state index contributed by atoms with van der Waals surface area (Å²) in [5.41, 5.74) is 1.05. The largest absolute Gasteiger partial charge is 0.308 e. The highest BCUT2D eigenvalue weighted by Gasteiger charge is 2.26. The van der Waals surface area contributed by atoms with E-state index < -0.39 is 0 Å². The molecule has 0 spiro atoms. The van der Waals surface area contributed by atoms with Crippen molar-refractivity contribution >= 4 is 17.4 Å². The minimum atomic E-state index is 0.253. The molecule has 1 aliphatic carbocycles. The molecule has 18 heavy (non-hydrogen) atoms. The number of carbonyl (C=O) groups is 1. The molecule has 1 fully saturated rings. The smallest absolute Gasteiger partial charge is 0.133 e. The van der Waals surface area contributed by atoms with Crippen LogP contribution in [0.15, 0.2) is 6.20 Å². The van der Waals surface area contributed by atoms with E-state index in [1.54, 1.807) is 6.20 Å². The van der Waals surface area contributed by atoms with Gasteiger partial charge in [0.2, 0.25) is 0 Å². The molecule has 1 aromatic rings. The Labute approximate surface area is 113 Å². The number of halogens is 1. The van der Waals surface area contributed by atoms with E-state index in [1.165, 1.54) is 0 Å². The van der Waals surface area contributed by atoms with Gasteiger partial charge in [0, 0.05) is 25.3 Å². The average molecular weight is 270 g/mol. The highest BCUT2D eigenvalue weighted by atomic mass is 35.5. The molecule has 1 saturated carbocycles. The molecule has 2 rings (SSSR count). The molecule has 4 nitrogen and oxygen atoms in total. The minimum Gasteiger partial charge on any atom is -0.308 e. The van der Waals surface area contributed by atoms with Crippen LogP contribution >= 0.6 is 11.6 Å². The van der Waals surface area contributed by atoms with Crippen LogP contribution in [0, 0.1) is 0 Å². The highest BCUT2D eigenvalue weighted by molar-refractivity contribution is 6.31. The summed E-state index contributed by atoms with van der Waals surface area (Å²) in [4.78, 5) is 13.7. The number of rotatable bonds is 4. The Kier molecular flexibility index (Phi) is 4.40. The molecule has 1 heterocycles. The summed E-state index contributed by atoms with van der Waals surface area (Å²) < 4.78 is 1.96. The van der Waals surface area contributed by atoms with Gasteiger partial charge in [-0.3, -0.25) is 9.48 Å². The van der Waals surface area contributed by atoms with E-state index in [-0.39, 0.29) is 5.92 Å². The van der Waals surface area contributed by atoms with Crippen LogP contribution in [-0.2, 0) is 11.3 Å². The predicted octanol–water partition coefficient (Wildman–Crippen LogP) is 2.32. The van der Waals surface area contributed by atoms with Gasteiger partial charge in [-0.1, -0.05) is 11.6 Å². The van der Waals surface area contributed by atoms with E-state index >= 15 is 0 Å². The van der Waals surface area contributed by atoms with E-state index in [2.05, 4.69) is 10.00 Å². The van der Waals surface area contributed by atoms with Gasteiger partial charge in [-0.25, -0.2) is 0 Å². The van der Waals surface area contributed by atoms with Crippen LogP contribution in [0.3, 0.4) is 0 Å². The zero-order chi connectivity index (χ0) is 13.1. The van der Waals surface area contributed by atoms with Crippen LogP contribution in [-0.4, -0.2) is 41.1 Å². The van der Waals surface area contributed by atoms with Gasteiger partial charge in [0.05, 0.1) is 23.5 Å². The third-order valence-electron chi connectivity index (χ3n) is 3.46. The summed E-state index contributed by atoms with van der Waals surface area (Å²) in [6.07, 6.45) is 5.05. The molecule has 0 saturated heterocycles. The molecule has 0 radical (unpaired) electrons. The minimum absolute atomic E-state index is 0.253. The van der Waals surface area contributed by atoms with Gasteiger partial charge >= 0.3 is 0 Å². The number of nitrogens with zero attached hydrogens (tertiary/aromatic N) is 3. The predicted molar refractivity (Wildman–Crippen MR) is 72.0 cm³/mol. The summed E-state index contributed by atoms with van der Waals surface area (Å²) >= 11 is 6.23. The fraction of sp³-hybridized carbons (Fsp3) is 0.692. The van der Waals surface area contributed by atoms with Crippen LogP contribution in [0.2, 0.25) is 5.02 Å². The van der Waals surface area contributed by atoms with Crippen molar-refractivity contribution in [1.82, 2.24) is 14.7 Å². The van der Waals surface area contributed by atoms with Crippen LogP contribution in [0.1, 0.15) is 37.3 Å². The van der Waals surface area contributed by atoms with Crippen LogP contribution in [0.25, 0.3) is 0 Å². The van der Waals surface area contributed by atoms with E-state index in [4.69, 9.17) is 11.6 Å². The van der Waals surface area contributed by atoms with E-state index in [0.29, 0.717) is 17.2 Å². The average Bonchev–Trinajstić information content (AvgIpc) is 2.68. The van der Waals surface area contributed by atoms with Crippen LogP contribution in [0.4, 0.5) is 0 Å². The van der Waals surface area contributed by atoms with Crippen molar-refractivity contribution in [2.45, 2.75) is 38.1 Å². The van der Waals surface area contributed by atoms with Crippen LogP contribution < -0.4 is 0 Å². The van der Waals surface area contributed by atoms with Gasteiger partial charge in [-0.15, -0.1) is 0 Å². The van der Waals surface area contributed by atoms with E-state index in [9.17, 15) is 4.79 Å². The summed E-state index contributed by atoms with van der Waals surface area (Å²) in [6.45, 7) is 1.74. The second kappa shape index (κ2) is 5.85. The first kappa shape index (κ1) is 13.6. The first-order chi connectivity index (χ1) is 8.58. The number of carbonyl (C=O) groups excluding carboxylic acids is 1. The molecule has 0 bridgehead atoms. The third-order valence-corrected chi connectivity index (χ3v) is 3.75. The van der Waals surface area contributed by atoms with Gasteiger partial charge in [-0.05, 0) is 26.9 Å². The standard InChI is InChI=1S/C13H20ClN3O/c1-16(2)6-7-17-13(12(14)9-15-17)10-4-3-5-11(18)8-10/h9-10H,3-8H2,1-2H3. The molecule has 0 N–H and O–H groups in total. The van der Waals surface area contributed by atoms with Crippen LogP contribution in [0.5, 0.6) is 0 Å². The molecule has 1 atom stereocenters. The monoisotopic (exact) mass is 269 g/mol. The molecule has 5 heteroatoms. The van der Waals surface area contributed by atoms with E-state index in [1.807, 2.05) is 18.8 Å². The highest BCUT2D eigenvalue weighted by Crippen LogP contribution is 2.34. The Hall–Kier alpha value is -0.870. The Bertz CT molecular complexity index is 428. The van der Waals surface area contributed by atoms with Gasteiger partial charge < -0.3 is 4.90 Å². The van der Waals surface area contributed by atoms with Crippen molar-refractivity contribution in [1.29, 1.82) is 0 Å². The first-order valence-electron chi connectivity index (χ1n) is 6.45. The summed E-state index contributed by atoms with van der Waals surface area (Å²) in [6, 6.07) is 0. The number of aromatic nitrogens is 2. The SMILES string of the molecule is CN(C)CCn1ncc(Cl)c1C1CCCC(=O)C1. The van der Waals surface area contributed by atoms with Crippen molar-refractivity contribution < 1.29 is 4.79 Å². The topological polar surface area (TPSA) is 38.1 Å². The molecule has 1 aromatic heterocycles. The zero-order valence-electron chi connectivity index (χ0n) is 11.0.